The number of piperidine rings is 2. The molecule has 2 amide bonds. The minimum absolute atomic E-state index is 0.215. The van der Waals surface area contributed by atoms with Crippen LogP contribution in [0.15, 0.2) is 24.5 Å². The van der Waals surface area contributed by atoms with Gasteiger partial charge in [0, 0.05) is 57.5 Å². The highest BCUT2D eigenvalue weighted by Gasteiger charge is 2.39. The van der Waals surface area contributed by atoms with E-state index in [0.717, 1.165) is 37.9 Å². The summed E-state index contributed by atoms with van der Waals surface area (Å²) in [5, 5.41) is 0. The molecule has 0 radical (unpaired) electrons. The van der Waals surface area contributed by atoms with Crippen molar-refractivity contribution < 1.29 is 9.59 Å². The van der Waals surface area contributed by atoms with Gasteiger partial charge in [-0.2, -0.15) is 0 Å². The summed E-state index contributed by atoms with van der Waals surface area (Å²) in [7, 11) is 0. The summed E-state index contributed by atoms with van der Waals surface area (Å²) in [6.45, 7) is 2.65. The van der Waals surface area contributed by atoms with Crippen molar-refractivity contribution in [2.45, 2.75) is 38.1 Å². The van der Waals surface area contributed by atoms with Crippen molar-refractivity contribution in [2.75, 3.05) is 26.2 Å². The standard InChI is InChI=1S/C18H26N4O2/c19-8-12-22-16-7-11-21(13-15(16)2-4-18(22)24)17(23)3-1-14-5-9-20-10-6-14/h5-6,9-10,15-16H,1-4,7-8,11-13,19H2/t15-,16+/m0/s1. The molecule has 2 fully saturated rings. The van der Waals surface area contributed by atoms with Crippen molar-refractivity contribution in [1.29, 1.82) is 0 Å². The molecular weight excluding hydrogens is 304 g/mol. The molecule has 2 aliphatic rings. The smallest absolute Gasteiger partial charge is 0.222 e. The van der Waals surface area contributed by atoms with Gasteiger partial charge < -0.3 is 15.5 Å². The van der Waals surface area contributed by atoms with Crippen LogP contribution in [0.1, 0.15) is 31.2 Å². The van der Waals surface area contributed by atoms with E-state index in [-0.39, 0.29) is 17.9 Å². The topological polar surface area (TPSA) is 79.5 Å². The third-order valence-corrected chi connectivity index (χ3v) is 5.24. The lowest BCUT2D eigenvalue weighted by atomic mass is 9.83. The molecule has 130 valence electrons. The Hall–Kier alpha value is -1.95. The number of carbonyl (C=O) groups excluding carboxylic acids is 2. The monoisotopic (exact) mass is 330 g/mol. The third kappa shape index (κ3) is 3.75. The fourth-order valence-electron chi connectivity index (χ4n) is 3.97. The van der Waals surface area contributed by atoms with Gasteiger partial charge in [0.05, 0.1) is 0 Å². The number of amides is 2. The lowest BCUT2D eigenvalue weighted by Crippen LogP contribution is -2.57. The molecule has 2 N–H and O–H groups in total. The molecule has 0 aliphatic carbocycles. The first-order chi connectivity index (χ1) is 11.7. The number of hydrogen-bond acceptors (Lipinski definition) is 4. The minimum atomic E-state index is 0.215. The number of aryl methyl sites for hydroxylation is 1. The summed E-state index contributed by atoms with van der Waals surface area (Å²) in [5.74, 6) is 0.833. The molecule has 0 bridgehead atoms. The number of aromatic nitrogens is 1. The van der Waals surface area contributed by atoms with Gasteiger partial charge in [-0.3, -0.25) is 14.6 Å². The Balaban J connectivity index is 1.54. The second-order valence-corrected chi connectivity index (χ2v) is 6.73. The number of likely N-dealkylation sites (tertiary alicyclic amines) is 2. The molecule has 0 spiro atoms. The average Bonchev–Trinajstić information content (AvgIpc) is 2.62. The number of rotatable bonds is 5. The van der Waals surface area contributed by atoms with Gasteiger partial charge in [0.2, 0.25) is 11.8 Å². The number of hydrogen-bond donors (Lipinski definition) is 1. The fraction of sp³-hybridized carbons (Fsp3) is 0.611. The zero-order valence-electron chi connectivity index (χ0n) is 14.1. The van der Waals surface area contributed by atoms with Crippen LogP contribution in [0.3, 0.4) is 0 Å². The lowest BCUT2D eigenvalue weighted by molar-refractivity contribution is -0.144. The molecule has 6 nitrogen and oxygen atoms in total. The molecule has 3 heterocycles. The summed E-state index contributed by atoms with van der Waals surface area (Å²) in [6.07, 6.45) is 7.15. The van der Waals surface area contributed by atoms with E-state index in [1.807, 2.05) is 21.9 Å². The number of nitrogens with two attached hydrogens (primary N) is 1. The van der Waals surface area contributed by atoms with Gasteiger partial charge in [-0.1, -0.05) is 0 Å². The number of carbonyl (C=O) groups is 2. The quantitative estimate of drug-likeness (QED) is 0.866. The van der Waals surface area contributed by atoms with E-state index in [1.165, 1.54) is 0 Å². The molecule has 2 saturated heterocycles. The Labute approximate surface area is 143 Å². The molecule has 2 atom stereocenters. The van der Waals surface area contributed by atoms with Crippen molar-refractivity contribution in [3.8, 4) is 0 Å². The molecular formula is C18H26N4O2. The molecule has 6 heteroatoms. The highest BCUT2D eigenvalue weighted by atomic mass is 16.2. The highest BCUT2D eigenvalue weighted by molar-refractivity contribution is 5.78. The van der Waals surface area contributed by atoms with Crippen LogP contribution < -0.4 is 5.73 Å². The third-order valence-electron chi connectivity index (χ3n) is 5.24. The normalized spacial score (nSPS) is 24.0. The first-order valence-electron chi connectivity index (χ1n) is 8.85. The Kier molecular flexibility index (Phi) is 5.45. The molecule has 0 aromatic carbocycles. The van der Waals surface area contributed by atoms with Crippen LogP contribution in [0.25, 0.3) is 0 Å². The first-order valence-corrected chi connectivity index (χ1v) is 8.85. The van der Waals surface area contributed by atoms with Crippen LogP contribution in [0.5, 0.6) is 0 Å². The van der Waals surface area contributed by atoms with Crippen LogP contribution in [0.4, 0.5) is 0 Å². The largest absolute Gasteiger partial charge is 0.342 e. The van der Waals surface area contributed by atoms with Gasteiger partial charge in [0.1, 0.15) is 0 Å². The van der Waals surface area contributed by atoms with E-state index in [1.54, 1.807) is 12.4 Å². The van der Waals surface area contributed by atoms with Crippen molar-refractivity contribution in [1.82, 2.24) is 14.8 Å². The van der Waals surface area contributed by atoms with Gasteiger partial charge in [-0.15, -0.1) is 0 Å². The van der Waals surface area contributed by atoms with Crippen LogP contribution >= 0.6 is 0 Å². The van der Waals surface area contributed by atoms with E-state index in [9.17, 15) is 9.59 Å². The van der Waals surface area contributed by atoms with Crippen molar-refractivity contribution >= 4 is 11.8 Å². The van der Waals surface area contributed by atoms with E-state index in [2.05, 4.69) is 4.98 Å². The summed E-state index contributed by atoms with van der Waals surface area (Å²) < 4.78 is 0. The number of pyridine rings is 1. The van der Waals surface area contributed by atoms with Crippen LogP contribution in [0.2, 0.25) is 0 Å². The lowest BCUT2D eigenvalue weighted by Gasteiger charge is -2.47. The number of fused-ring (bicyclic) bond motifs is 1. The zero-order chi connectivity index (χ0) is 16.9. The van der Waals surface area contributed by atoms with Crippen molar-refractivity contribution in [2.24, 2.45) is 11.7 Å². The van der Waals surface area contributed by atoms with Crippen molar-refractivity contribution in [3.05, 3.63) is 30.1 Å². The van der Waals surface area contributed by atoms with Crippen molar-refractivity contribution in [3.63, 3.8) is 0 Å². The Bertz CT molecular complexity index is 578. The van der Waals surface area contributed by atoms with E-state index >= 15 is 0 Å². The first kappa shape index (κ1) is 16.9. The predicted molar refractivity (Wildman–Crippen MR) is 91.0 cm³/mol. The molecule has 0 unspecified atom stereocenters. The summed E-state index contributed by atoms with van der Waals surface area (Å²) in [6, 6.07) is 4.17. The average molecular weight is 330 g/mol. The summed E-state index contributed by atoms with van der Waals surface area (Å²) in [4.78, 5) is 32.6. The molecule has 2 aliphatic heterocycles. The highest BCUT2D eigenvalue weighted by Crippen LogP contribution is 2.31. The molecule has 24 heavy (non-hydrogen) atoms. The molecule has 1 aromatic heterocycles. The van der Waals surface area contributed by atoms with Crippen LogP contribution in [0, 0.1) is 5.92 Å². The minimum Gasteiger partial charge on any atom is -0.342 e. The zero-order valence-corrected chi connectivity index (χ0v) is 14.1. The van der Waals surface area contributed by atoms with Crippen LogP contribution in [-0.2, 0) is 16.0 Å². The van der Waals surface area contributed by atoms with Gasteiger partial charge in [0.15, 0.2) is 0 Å². The van der Waals surface area contributed by atoms with Gasteiger partial charge in [0.25, 0.3) is 0 Å². The second-order valence-electron chi connectivity index (χ2n) is 6.73. The molecule has 1 aromatic rings. The molecule has 3 rings (SSSR count). The maximum atomic E-state index is 12.5. The van der Waals surface area contributed by atoms with Crippen LogP contribution in [-0.4, -0.2) is 58.8 Å². The Morgan fingerprint density at radius 3 is 2.83 bits per heavy atom. The molecule has 0 saturated carbocycles. The SMILES string of the molecule is NCCN1C(=O)CC[C@H]2CN(C(=O)CCc3ccncc3)CC[C@H]21. The maximum absolute atomic E-state index is 12.5. The summed E-state index contributed by atoms with van der Waals surface area (Å²) >= 11 is 0. The van der Waals surface area contributed by atoms with E-state index < -0.39 is 0 Å². The summed E-state index contributed by atoms with van der Waals surface area (Å²) in [5.41, 5.74) is 6.80. The van der Waals surface area contributed by atoms with Gasteiger partial charge in [-0.25, -0.2) is 0 Å². The fourth-order valence-corrected chi connectivity index (χ4v) is 3.97. The second kappa shape index (κ2) is 7.75. The predicted octanol–water partition coefficient (Wildman–Crippen LogP) is 0.812. The maximum Gasteiger partial charge on any atom is 0.222 e. The van der Waals surface area contributed by atoms with Gasteiger partial charge in [-0.05, 0) is 42.9 Å². The number of nitrogens with zero attached hydrogens (tertiary/aromatic N) is 3. The van der Waals surface area contributed by atoms with E-state index in [4.69, 9.17) is 5.73 Å². The Morgan fingerprint density at radius 1 is 1.29 bits per heavy atom. The Morgan fingerprint density at radius 2 is 2.08 bits per heavy atom. The van der Waals surface area contributed by atoms with Gasteiger partial charge >= 0.3 is 0 Å². The van der Waals surface area contributed by atoms with E-state index in [0.29, 0.717) is 31.8 Å².